The Balaban J connectivity index is 1.74. The quantitative estimate of drug-likeness (QED) is 0.572. The van der Waals surface area contributed by atoms with Gasteiger partial charge in [-0.15, -0.1) is 0 Å². The maximum absolute atomic E-state index is 11.9. The monoisotopic (exact) mass is 365 g/mol. The lowest BCUT2D eigenvalue weighted by Crippen LogP contribution is -2.71. The molecule has 0 spiro atoms. The van der Waals surface area contributed by atoms with Gasteiger partial charge in [0.05, 0.1) is 23.9 Å². The molecule has 0 saturated heterocycles. The minimum absolute atomic E-state index is 0.0259. The Kier molecular flexibility index (Phi) is 4.26. The van der Waals surface area contributed by atoms with E-state index in [1.807, 2.05) is 0 Å². The SMILES string of the molecule is CC(=O)N[C@@H]1C[C@H]2[C@@H]3CC[C@H](O)[C@@]3(C)CC[C@@H]2[C@@]2(C)CC[C@H](O)C[C@]12O. The van der Waals surface area contributed by atoms with Crippen LogP contribution in [0.15, 0.2) is 0 Å². The van der Waals surface area contributed by atoms with Crippen molar-refractivity contribution in [3.63, 3.8) is 0 Å². The van der Waals surface area contributed by atoms with Crippen molar-refractivity contribution in [2.75, 3.05) is 0 Å². The summed E-state index contributed by atoms with van der Waals surface area (Å²) < 4.78 is 0. The van der Waals surface area contributed by atoms with Crippen molar-refractivity contribution in [3.8, 4) is 0 Å². The third-order valence-electron chi connectivity index (χ3n) is 9.20. The Bertz CT molecular complexity index is 597. The minimum atomic E-state index is -1.05. The molecule has 0 aromatic heterocycles. The van der Waals surface area contributed by atoms with Gasteiger partial charge in [-0.3, -0.25) is 4.79 Å². The summed E-state index contributed by atoms with van der Waals surface area (Å²) in [5, 5.41) is 35.8. The molecule has 4 aliphatic rings. The molecule has 1 amide bonds. The van der Waals surface area contributed by atoms with E-state index < -0.39 is 11.7 Å². The van der Waals surface area contributed by atoms with Gasteiger partial charge in [0.15, 0.2) is 0 Å². The zero-order valence-electron chi connectivity index (χ0n) is 16.4. The summed E-state index contributed by atoms with van der Waals surface area (Å²) in [4.78, 5) is 11.9. The third-order valence-corrected chi connectivity index (χ3v) is 9.20. The van der Waals surface area contributed by atoms with Crippen LogP contribution in [0.5, 0.6) is 0 Å². The zero-order chi connectivity index (χ0) is 18.9. The van der Waals surface area contributed by atoms with E-state index in [2.05, 4.69) is 19.2 Å². The summed E-state index contributed by atoms with van der Waals surface area (Å²) in [6.45, 7) is 5.95. The summed E-state index contributed by atoms with van der Waals surface area (Å²) in [5.74, 6) is 1.16. The third kappa shape index (κ3) is 2.36. The number of amides is 1. The van der Waals surface area contributed by atoms with E-state index in [4.69, 9.17) is 0 Å². The molecule has 5 nitrogen and oxygen atoms in total. The minimum Gasteiger partial charge on any atom is -0.393 e. The second kappa shape index (κ2) is 5.92. The molecule has 0 bridgehead atoms. The number of aliphatic hydroxyl groups excluding tert-OH is 2. The molecule has 0 aromatic carbocycles. The Labute approximate surface area is 156 Å². The van der Waals surface area contributed by atoms with Crippen LogP contribution in [-0.2, 0) is 4.79 Å². The lowest BCUT2D eigenvalue weighted by molar-refractivity contribution is -0.234. The van der Waals surface area contributed by atoms with Crippen molar-refractivity contribution in [2.45, 2.75) is 96.0 Å². The molecule has 0 aromatic rings. The maximum atomic E-state index is 11.9. The van der Waals surface area contributed by atoms with Crippen molar-refractivity contribution in [2.24, 2.45) is 28.6 Å². The van der Waals surface area contributed by atoms with Crippen LogP contribution < -0.4 is 5.32 Å². The normalized spacial score (nSPS) is 56.2. The van der Waals surface area contributed by atoms with Crippen molar-refractivity contribution in [1.29, 1.82) is 0 Å². The van der Waals surface area contributed by atoms with E-state index in [1.54, 1.807) is 0 Å². The zero-order valence-corrected chi connectivity index (χ0v) is 16.4. The Morgan fingerprint density at radius 2 is 1.77 bits per heavy atom. The first-order valence-electron chi connectivity index (χ1n) is 10.5. The number of aliphatic hydroxyl groups is 3. The Morgan fingerprint density at radius 3 is 2.46 bits per heavy atom. The van der Waals surface area contributed by atoms with E-state index in [-0.39, 0.29) is 28.9 Å². The molecule has 0 heterocycles. The smallest absolute Gasteiger partial charge is 0.217 e. The first-order valence-corrected chi connectivity index (χ1v) is 10.5. The predicted molar refractivity (Wildman–Crippen MR) is 98.2 cm³/mol. The highest BCUT2D eigenvalue weighted by atomic mass is 16.3. The molecule has 0 aliphatic heterocycles. The number of hydrogen-bond donors (Lipinski definition) is 4. The summed E-state index contributed by atoms with van der Waals surface area (Å²) in [5.41, 5.74) is -1.37. The summed E-state index contributed by atoms with van der Waals surface area (Å²) in [7, 11) is 0. The number of nitrogens with one attached hydrogen (secondary N) is 1. The van der Waals surface area contributed by atoms with Crippen LogP contribution in [0, 0.1) is 28.6 Å². The summed E-state index contributed by atoms with van der Waals surface area (Å²) in [6, 6.07) is -0.318. The van der Waals surface area contributed by atoms with Gasteiger partial charge in [0.25, 0.3) is 0 Å². The fourth-order valence-corrected chi connectivity index (χ4v) is 7.69. The fraction of sp³-hybridized carbons (Fsp3) is 0.952. The molecule has 148 valence electrons. The van der Waals surface area contributed by atoms with Gasteiger partial charge in [-0.05, 0) is 68.1 Å². The molecule has 4 saturated carbocycles. The fourth-order valence-electron chi connectivity index (χ4n) is 7.69. The van der Waals surface area contributed by atoms with Gasteiger partial charge < -0.3 is 20.6 Å². The second-order valence-electron chi connectivity index (χ2n) is 10.2. The van der Waals surface area contributed by atoms with Crippen LogP contribution in [-0.4, -0.2) is 45.1 Å². The van der Waals surface area contributed by atoms with E-state index in [9.17, 15) is 20.1 Å². The van der Waals surface area contributed by atoms with Crippen LogP contribution in [0.25, 0.3) is 0 Å². The van der Waals surface area contributed by atoms with Gasteiger partial charge in [-0.2, -0.15) is 0 Å². The molecule has 4 fully saturated rings. The second-order valence-corrected chi connectivity index (χ2v) is 10.2. The molecule has 4 aliphatic carbocycles. The Morgan fingerprint density at radius 1 is 1.04 bits per heavy atom. The van der Waals surface area contributed by atoms with Gasteiger partial charge in [0, 0.05) is 18.8 Å². The molecule has 5 heteroatoms. The van der Waals surface area contributed by atoms with Crippen LogP contribution in [0.2, 0.25) is 0 Å². The van der Waals surface area contributed by atoms with Crippen molar-refractivity contribution < 1.29 is 20.1 Å². The predicted octanol–water partition coefficient (Wildman–Crippen LogP) is 1.98. The average molecular weight is 366 g/mol. The number of hydrogen-bond acceptors (Lipinski definition) is 4. The lowest BCUT2D eigenvalue weighted by Gasteiger charge is -2.66. The van der Waals surface area contributed by atoms with Crippen LogP contribution in [0.4, 0.5) is 0 Å². The molecule has 0 radical (unpaired) electrons. The van der Waals surface area contributed by atoms with Gasteiger partial charge >= 0.3 is 0 Å². The number of carbonyl (C=O) groups is 1. The van der Waals surface area contributed by atoms with E-state index in [0.717, 1.165) is 44.9 Å². The van der Waals surface area contributed by atoms with Gasteiger partial charge in [-0.1, -0.05) is 13.8 Å². The van der Waals surface area contributed by atoms with E-state index >= 15 is 0 Å². The molecular formula is C21H35NO4. The van der Waals surface area contributed by atoms with E-state index in [0.29, 0.717) is 24.2 Å². The summed E-state index contributed by atoms with van der Waals surface area (Å²) in [6.07, 6.45) is 5.86. The van der Waals surface area contributed by atoms with Crippen molar-refractivity contribution in [3.05, 3.63) is 0 Å². The number of rotatable bonds is 1. The van der Waals surface area contributed by atoms with Gasteiger partial charge in [-0.25, -0.2) is 0 Å². The molecule has 26 heavy (non-hydrogen) atoms. The molecular weight excluding hydrogens is 330 g/mol. The average Bonchev–Trinajstić information content (AvgIpc) is 2.85. The van der Waals surface area contributed by atoms with Gasteiger partial charge in [0.2, 0.25) is 5.91 Å². The lowest BCUT2D eigenvalue weighted by atomic mass is 9.42. The number of fused-ring (bicyclic) bond motifs is 5. The molecule has 9 atom stereocenters. The molecule has 4 rings (SSSR count). The van der Waals surface area contributed by atoms with Crippen molar-refractivity contribution in [1.82, 2.24) is 5.32 Å². The highest BCUT2D eigenvalue weighted by Crippen LogP contribution is 2.67. The highest BCUT2D eigenvalue weighted by Gasteiger charge is 2.67. The number of carbonyl (C=O) groups excluding carboxylic acids is 1. The highest BCUT2D eigenvalue weighted by molar-refractivity contribution is 5.73. The largest absolute Gasteiger partial charge is 0.393 e. The topological polar surface area (TPSA) is 89.8 Å². The van der Waals surface area contributed by atoms with Crippen LogP contribution in [0.1, 0.15) is 72.1 Å². The molecule has 0 unspecified atom stereocenters. The first-order chi connectivity index (χ1) is 12.1. The van der Waals surface area contributed by atoms with Crippen molar-refractivity contribution >= 4 is 5.91 Å². The molecule has 4 N–H and O–H groups in total. The van der Waals surface area contributed by atoms with Crippen LogP contribution in [0.3, 0.4) is 0 Å². The van der Waals surface area contributed by atoms with E-state index in [1.165, 1.54) is 6.92 Å². The Hall–Kier alpha value is -0.650. The summed E-state index contributed by atoms with van der Waals surface area (Å²) >= 11 is 0. The van der Waals surface area contributed by atoms with Gasteiger partial charge in [0.1, 0.15) is 0 Å². The standard InChI is InChI=1S/C21H35NO4/c1-12(23)22-17-10-14-15-4-5-18(25)19(15,2)8-7-16(14)20(3)9-6-13(24)11-21(17,20)26/h13-18,24-26H,4-11H2,1-3H3,(H,22,23)/t13-,14-,15-,16-,17+,18-,19-,20+,21-/m0/s1. The van der Waals surface area contributed by atoms with Crippen LogP contribution >= 0.6 is 0 Å². The first kappa shape index (κ1) is 18.7. The maximum Gasteiger partial charge on any atom is 0.217 e.